The van der Waals surface area contributed by atoms with E-state index >= 15 is 0 Å². The molecule has 0 heteroatoms. The standard InChI is InChI=1S/C14H26/c1-4-14(3)11-12(14)7-5-6-8-13(2)9-10-13/h12H,4-11H2,1-3H3. The molecular weight excluding hydrogens is 168 g/mol. The molecule has 2 fully saturated rings. The summed E-state index contributed by atoms with van der Waals surface area (Å²) in [5.74, 6) is 1.08. The second-order valence-electron chi connectivity index (χ2n) is 6.47. The highest BCUT2D eigenvalue weighted by Crippen LogP contribution is 2.57. The molecule has 2 unspecified atom stereocenters. The summed E-state index contributed by atoms with van der Waals surface area (Å²) in [6.07, 6.45) is 11.9. The summed E-state index contributed by atoms with van der Waals surface area (Å²) in [7, 11) is 0. The quantitative estimate of drug-likeness (QED) is 0.534. The van der Waals surface area contributed by atoms with Gasteiger partial charge in [-0.3, -0.25) is 0 Å². The first-order valence-electron chi connectivity index (χ1n) is 6.58. The van der Waals surface area contributed by atoms with Crippen molar-refractivity contribution < 1.29 is 0 Å². The van der Waals surface area contributed by atoms with Crippen LogP contribution in [0.4, 0.5) is 0 Å². The van der Waals surface area contributed by atoms with Crippen LogP contribution in [-0.2, 0) is 0 Å². The molecule has 0 aromatic carbocycles. The van der Waals surface area contributed by atoms with E-state index in [0.717, 1.165) is 16.7 Å². The summed E-state index contributed by atoms with van der Waals surface area (Å²) in [6.45, 7) is 7.28. The van der Waals surface area contributed by atoms with Crippen molar-refractivity contribution in [3.05, 3.63) is 0 Å². The van der Waals surface area contributed by atoms with Gasteiger partial charge in [-0.1, -0.05) is 40.0 Å². The summed E-state index contributed by atoms with van der Waals surface area (Å²) >= 11 is 0. The van der Waals surface area contributed by atoms with Gasteiger partial charge in [-0.2, -0.15) is 0 Å². The Morgan fingerprint density at radius 3 is 2.36 bits per heavy atom. The molecule has 0 aromatic heterocycles. The van der Waals surface area contributed by atoms with Gasteiger partial charge in [-0.15, -0.1) is 0 Å². The average molecular weight is 194 g/mol. The SMILES string of the molecule is CCC1(C)CC1CCCCC1(C)CC1. The maximum absolute atomic E-state index is 2.47. The van der Waals surface area contributed by atoms with Gasteiger partial charge in [-0.25, -0.2) is 0 Å². The number of rotatable bonds is 6. The lowest BCUT2D eigenvalue weighted by atomic mass is 9.97. The zero-order valence-corrected chi connectivity index (χ0v) is 10.2. The van der Waals surface area contributed by atoms with Crippen molar-refractivity contribution in [2.24, 2.45) is 16.7 Å². The van der Waals surface area contributed by atoms with Crippen LogP contribution < -0.4 is 0 Å². The molecule has 0 N–H and O–H groups in total. The van der Waals surface area contributed by atoms with E-state index in [-0.39, 0.29) is 0 Å². The van der Waals surface area contributed by atoms with Crippen LogP contribution in [0.25, 0.3) is 0 Å². The smallest absolute Gasteiger partial charge is 0.0297 e. The molecule has 2 aliphatic carbocycles. The van der Waals surface area contributed by atoms with E-state index in [4.69, 9.17) is 0 Å². The Kier molecular flexibility index (Phi) is 2.66. The van der Waals surface area contributed by atoms with E-state index in [1.54, 1.807) is 0 Å². The monoisotopic (exact) mass is 194 g/mol. The lowest BCUT2D eigenvalue weighted by Gasteiger charge is -2.09. The zero-order chi connectivity index (χ0) is 10.2. The molecule has 0 aromatic rings. The third kappa shape index (κ3) is 2.32. The molecule has 0 spiro atoms. The molecule has 2 atom stereocenters. The summed E-state index contributed by atoms with van der Waals surface area (Å²) in [5.41, 5.74) is 1.54. The first-order chi connectivity index (χ1) is 6.58. The van der Waals surface area contributed by atoms with Crippen LogP contribution in [0.1, 0.15) is 72.1 Å². The fourth-order valence-electron chi connectivity index (χ4n) is 2.79. The van der Waals surface area contributed by atoms with Gasteiger partial charge in [0.2, 0.25) is 0 Å². The van der Waals surface area contributed by atoms with Crippen LogP contribution in [0.5, 0.6) is 0 Å². The fraction of sp³-hybridized carbons (Fsp3) is 1.00. The molecule has 0 bridgehead atoms. The van der Waals surface area contributed by atoms with E-state index in [1.807, 2.05) is 0 Å². The van der Waals surface area contributed by atoms with E-state index in [0.29, 0.717) is 0 Å². The molecule has 0 aliphatic heterocycles. The molecular formula is C14H26. The maximum atomic E-state index is 2.47. The van der Waals surface area contributed by atoms with Gasteiger partial charge in [0.1, 0.15) is 0 Å². The number of hydrogen-bond acceptors (Lipinski definition) is 0. The highest BCUT2D eigenvalue weighted by molar-refractivity contribution is 4.97. The van der Waals surface area contributed by atoms with Crippen LogP contribution in [0, 0.1) is 16.7 Å². The molecule has 0 radical (unpaired) electrons. The Labute approximate surface area is 89.5 Å². The van der Waals surface area contributed by atoms with Gasteiger partial charge < -0.3 is 0 Å². The average Bonchev–Trinajstić information content (AvgIpc) is 3.03. The predicted octanol–water partition coefficient (Wildman–Crippen LogP) is 4.78. The first kappa shape index (κ1) is 10.5. The Hall–Kier alpha value is 0. The molecule has 0 saturated heterocycles. The second-order valence-corrected chi connectivity index (χ2v) is 6.47. The summed E-state index contributed by atoms with van der Waals surface area (Å²) in [6, 6.07) is 0. The van der Waals surface area contributed by atoms with Gasteiger partial charge in [0.25, 0.3) is 0 Å². The number of hydrogen-bond donors (Lipinski definition) is 0. The van der Waals surface area contributed by atoms with Crippen molar-refractivity contribution in [2.75, 3.05) is 0 Å². The van der Waals surface area contributed by atoms with E-state index in [9.17, 15) is 0 Å². The molecule has 0 nitrogen and oxygen atoms in total. The highest BCUT2D eigenvalue weighted by atomic mass is 14.5. The normalized spacial score (nSPS) is 38.4. The minimum Gasteiger partial charge on any atom is -0.0649 e. The Morgan fingerprint density at radius 2 is 1.86 bits per heavy atom. The topological polar surface area (TPSA) is 0 Å². The van der Waals surface area contributed by atoms with Crippen molar-refractivity contribution in [3.8, 4) is 0 Å². The highest BCUT2D eigenvalue weighted by Gasteiger charge is 2.47. The third-order valence-electron chi connectivity index (χ3n) is 5.03. The molecule has 2 saturated carbocycles. The third-order valence-corrected chi connectivity index (χ3v) is 5.03. The van der Waals surface area contributed by atoms with Crippen molar-refractivity contribution in [3.63, 3.8) is 0 Å². The van der Waals surface area contributed by atoms with Gasteiger partial charge in [0.15, 0.2) is 0 Å². The van der Waals surface area contributed by atoms with E-state index in [2.05, 4.69) is 20.8 Å². The van der Waals surface area contributed by atoms with Gasteiger partial charge in [-0.05, 0) is 48.9 Å². The van der Waals surface area contributed by atoms with Crippen LogP contribution in [0.3, 0.4) is 0 Å². The lowest BCUT2D eigenvalue weighted by Crippen LogP contribution is -1.96. The minimum atomic E-state index is 0.753. The summed E-state index contributed by atoms with van der Waals surface area (Å²) in [4.78, 5) is 0. The molecule has 2 aliphatic rings. The van der Waals surface area contributed by atoms with Crippen LogP contribution in [-0.4, -0.2) is 0 Å². The van der Waals surface area contributed by atoms with Gasteiger partial charge >= 0.3 is 0 Å². The summed E-state index contributed by atoms with van der Waals surface area (Å²) < 4.78 is 0. The van der Waals surface area contributed by atoms with Gasteiger partial charge in [0.05, 0.1) is 0 Å². The first-order valence-corrected chi connectivity index (χ1v) is 6.58. The number of unbranched alkanes of at least 4 members (excludes halogenated alkanes) is 1. The lowest BCUT2D eigenvalue weighted by molar-refractivity contribution is 0.429. The molecule has 82 valence electrons. The second kappa shape index (κ2) is 3.54. The Morgan fingerprint density at radius 1 is 1.14 bits per heavy atom. The van der Waals surface area contributed by atoms with Crippen molar-refractivity contribution >= 4 is 0 Å². The van der Waals surface area contributed by atoms with E-state index in [1.165, 1.54) is 51.4 Å². The van der Waals surface area contributed by atoms with Crippen LogP contribution >= 0.6 is 0 Å². The zero-order valence-electron chi connectivity index (χ0n) is 10.2. The predicted molar refractivity (Wildman–Crippen MR) is 62.3 cm³/mol. The van der Waals surface area contributed by atoms with Gasteiger partial charge in [0, 0.05) is 0 Å². The van der Waals surface area contributed by atoms with Crippen LogP contribution in [0.15, 0.2) is 0 Å². The van der Waals surface area contributed by atoms with Crippen molar-refractivity contribution in [1.29, 1.82) is 0 Å². The maximum Gasteiger partial charge on any atom is -0.0297 e. The molecule has 0 amide bonds. The van der Waals surface area contributed by atoms with E-state index < -0.39 is 0 Å². The summed E-state index contributed by atoms with van der Waals surface area (Å²) in [5, 5.41) is 0. The van der Waals surface area contributed by atoms with Crippen molar-refractivity contribution in [1.82, 2.24) is 0 Å². The van der Waals surface area contributed by atoms with Crippen molar-refractivity contribution in [2.45, 2.75) is 72.1 Å². The van der Waals surface area contributed by atoms with Crippen LogP contribution in [0.2, 0.25) is 0 Å². The molecule has 0 heterocycles. The Bertz CT molecular complexity index is 202. The fourth-order valence-corrected chi connectivity index (χ4v) is 2.79. The largest absolute Gasteiger partial charge is 0.0649 e. The molecule has 2 rings (SSSR count). The minimum absolute atomic E-state index is 0.753. The Balaban J connectivity index is 1.52. The molecule has 14 heavy (non-hydrogen) atoms.